The van der Waals surface area contributed by atoms with Crippen LogP contribution in [0.1, 0.15) is 45.9 Å². The lowest BCUT2D eigenvalue weighted by molar-refractivity contribution is 0.0656. The highest BCUT2D eigenvalue weighted by molar-refractivity contribution is 5.93. The fourth-order valence-corrected chi connectivity index (χ4v) is 3.91. The molecule has 0 spiro atoms. The summed E-state index contributed by atoms with van der Waals surface area (Å²) in [7, 11) is 2.99. The zero-order chi connectivity index (χ0) is 21.7. The number of methoxy groups -OCH3 is 1. The smallest absolute Gasteiger partial charge is 0.282 e. The van der Waals surface area contributed by atoms with Crippen LogP contribution in [-0.2, 0) is 13.5 Å². The van der Waals surface area contributed by atoms with Crippen LogP contribution in [-0.4, -0.2) is 49.2 Å². The molecule has 1 aliphatic rings. The molecule has 31 heavy (non-hydrogen) atoms. The molecule has 4 aromatic rings. The summed E-state index contributed by atoms with van der Waals surface area (Å²) in [5.74, 6) is 0.312. The second kappa shape index (κ2) is 7.18. The number of benzene rings is 1. The molecule has 3 aromatic heterocycles. The number of aromatic nitrogens is 5. The third-order valence-corrected chi connectivity index (χ3v) is 5.38. The predicted molar refractivity (Wildman–Crippen MR) is 104 cm³/mol. The van der Waals surface area contributed by atoms with E-state index in [1.165, 1.54) is 19.1 Å². The number of fused-ring (bicyclic) bond motifs is 2. The number of aryl methyl sites for hydroxylation is 1. The maximum absolute atomic E-state index is 13.4. The Hall–Kier alpha value is -3.76. The van der Waals surface area contributed by atoms with E-state index in [1.807, 2.05) is 0 Å². The number of aromatic amines is 1. The van der Waals surface area contributed by atoms with Crippen molar-refractivity contribution in [3.8, 4) is 5.75 Å². The van der Waals surface area contributed by atoms with Crippen LogP contribution < -0.4 is 4.74 Å². The highest BCUT2D eigenvalue weighted by Gasteiger charge is 2.39. The first-order valence-corrected chi connectivity index (χ1v) is 9.56. The average molecular weight is 428 g/mol. The zero-order valence-electron chi connectivity index (χ0n) is 16.7. The first-order chi connectivity index (χ1) is 15.0. The van der Waals surface area contributed by atoms with Crippen molar-refractivity contribution in [1.82, 2.24) is 29.6 Å². The van der Waals surface area contributed by atoms with E-state index in [4.69, 9.17) is 9.15 Å². The largest absolute Gasteiger partial charge is 0.493 e. The number of rotatable bonds is 4. The number of hydrogen-bond donors (Lipinski definition) is 1. The van der Waals surface area contributed by atoms with Gasteiger partial charge in [0.1, 0.15) is 16.9 Å². The topological polar surface area (TPSA) is 102 Å². The Kier molecular flexibility index (Phi) is 4.45. The average Bonchev–Trinajstić information content (AvgIpc) is 3.49. The Balaban J connectivity index is 1.62. The van der Waals surface area contributed by atoms with Crippen molar-refractivity contribution in [2.45, 2.75) is 18.9 Å². The number of imidazole rings is 1. The number of alkyl halides is 2. The Morgan fingerprint density at radius 1 is 1.39 bits per heavy atom. The predicted octanol–water partition coefficient (Wildman–Crippen LogP) is 3.02. The molecular formula is C20H18F2N6O3. The quantitative estimate of drug-likeness (QED) is 0.536. The van der Waals surface area contributed by atoms with E-state index in [0.29, 0.717) is 35.5 Å². The van der Waals surface area contributed by atoms with Gasteiger partial charge < -0.3 is 19.0 Å². The molecule has 5 rings (SSSR count). The number of H-pyrrole nitrogens is 1. The molecule has 9 nitrogen and oxygen atoms in total. The van der Waals surface area contributed by atoms with Crippen molar-refractivity contribution in [2.75, 3.05) is 13.7 Å². The van der Waals surface area contributed by atoms with Crippen molar-refractivity contribution < 1.29 is 22.7 Å². The molecule has 0 bridgehead atoms. The van der Waals surface area contributed by atoms with Crippen molar-refractivity contribution in [3.05, 3.63) is 59.3 Å². The van der Waals surface area contributed by atoms with E-state index in [1.54, 1.807) is 24.5 Å². The number of para-hydroxylation sites is 1. The van der Waals surface area contributed by atoms with E-state index < -0.39 is 24.1 Å². The van der Waals surface area contributed by atoms with Crippen LogP contribution >= 0.6 is 0 Å². The molecule has 1 amide bonds. The lowest BCUT2D eigenvalue weighted by Crippen LogP contribution is -2.41. The first kappa shape index (κ1) is 19.2. The third-order valence-electron chi connectivity index (χ3n) is 5.38. The molecule has 0 radical (unpaired) electrons. The SMILES string of the molecule is COc1cccc2nc([C@@H]3c4nc[nH]c4CCN3C(=O)c3cc(C(F)F)nn3C)oc12. The van der Waals surface area contributed by atoms with E-state index in [9.17, 15) is 13.6 Å². The number of carbonyl (C=O) groups is 1. The Bertz CT molecular complexity index is 1280. The number of nitrogens with one attached hydrogen (secondary N) is 1. The molecule has 11 heteroatoms. The maximum atomic E-state index is 13.4. The third kappa shape index (κ3) is 3.04. The summed E-state index contributed by atoms with van der Waals surface area (Å²) in [5.41, 5.74) is 2.09. The van der Waals surface area contributed by atoms with Crippen LogP contribution in [0.4, 0.5) is 8.78 Å². The Morgan fingerprint density at radius 2 is 2.23 bits per heavy atom. The number of amides is 1. The molecule has 0 saturated heterocycles. The molecule has 0 unspecified atom stereocenters. The van der Waals surface area contributed by atoms with Crippen molar-refractivity contribution in [2.24, 2.45) is 7.05 Å². The van der Waals surface area contributed by atoms with Gasteiger partial charge >= 0.3 is 0 Å². The molecule has 0 saturated carbocycles. The minimum atomic E-state index is -2.77. The second-order valence-corrected chi connectivity index (χ2v) is 7.16. The minimum Gasteiger partial charge on any atom is -0.493 e. The van der Waals surface area contributed by atoms with Gasteiger partial charge in [0.25, 0.3) is 12.3 Å². The molecule has 4 heterocycles. The number of carbonyl (C=O) groups excluding carboxylic acids is 1. The minimum absolute atomic E-state index is 0.0491. The summed E-state index contributed by atoms with van der Waals surface area (Å²) in [5, 5.41) is 3.76. The zero-order valence-corrected chi connectivity index (χ0v) is 16.7. The number of ether oxygens (including phenoxy) is 1. The van der Waals surface area contributed by atoms with Crippen molar-refractivity contribution in [3.63, 3.8) is 0 Å². The van der Waals surface area contributed by atoms with Gasteiger partial charge in [0.15, 0.2) is 17.4 Å². The van der Waals surface area contributed by atoms with E-state index >= 15 is 0 Å². The van der Waals surface area contributed by atoms with E-state index in [-0.39, 0.29) is 11.6 Å². The second-order valence-electron chi connectivity index (χ2n) is 7.16. The molecule has 0 fully saturated rings. The summed E-state index contributed by atoms with van der Waals surface area (Å²) in [6.45, 7) is 0.323. The van der Waals surface area contributed by atoms with Crippen molar-refractivity contribution >= 4 is 17.0 Å². The van der Waals surface area contributed by atoms with E-state index in [0.717, 1.165) is 16.4 Å². The number of hydrogen-bond acceptors (Lipinski definition) is 6. The molecule has 160 valence electrons. The van der Waals surface area contributed by atoms with Crippen molar-refractivity contribution in [1.29, 1.82) is 0 Å². The van der Waals surface area contributed by atoms with Gasteiger partial charge in [-0.2, -0.15) is 5.10 Å². The molecule has 1 atom stereocenters. The molecule has 1 N–H and O–H groups in total. The monoisotopic (exact) mass is 428 g/mol. The fraction of sp³-hybridized carbons (Fsp3) is 0.300. The first-order valence-electron chi connectivity index (χ1n) is 9.56. The summed E-state index contributed by atoms with van der Waals surface area (Å²) in [6.07, 6.45) is -0.693. The number of halogens is 2. The van der Waals surface area contributed by atoms with Crippen LogP contribution in [0.3, 0.4) is 0 Å². The van der Waals surface area contributed by atoms with Crippen LogP contribution in [0.15, 0.2) is 35.0 Å². The molecule has 1 aliphatic heterocycles. The fourth-order valence-electron chi connectivity index (χ4n) is 3.91. The molecule has 1 aromatic carbocycles. The number of oxazole rings is 1. The van der Waals surface area contributed by atoms with Gasteiger partial charge in [0, 0.05) is 25.7 Å². The highest BCUT2D eigenvalue weighted by atomic mass is 19.3. The molecular weight excluding hydrogens is 410 g/mol. The van der Waals surface area contributed by atoms with Gasteiger partial charge in [-0.1, -0.05) is 6.07 Å². The number of nitrogens with zero attached hydrogens (tertiary/aromatic N) is 5. The normalized spacial score (nSPS) is 16.2. The molecule has 0 aliphatic carbocycles. The van der Waals surface area contributed by atoms with E-state index in [2.05, 4.69) is 20.1 Å². The van der Waals surface area contributed by atoms with Crippen LogP contribution in [0.5, 0.6) is 5.75 Å². The summed E-state index contributed by atoms with van der Waals surface area (Å²) < 4.78 is 38.7. The standard InChI is InChI=1S/C20H18F2N6O3/c1-27-13(8-12(26-27)18(21)22)20(29)28-7-6-10-15(24-9-23-10)16(28)19-25-11-4-3-5-14(30-2)17(11)31-19/h3-5,8-9,16,18H,6-7H2,1-2H3,(H,23,24)/t16-/m0/s1. The van der Waals surface area contributed by atoms with Gasteiger partial charge in [-0.3, -0.25) is 9.48 Å². The maximum Gasteiger partial charge on any atom is 0.282 e. The van der Waals surface area contributed by atoms with Gasteiger partial charge in [-0.25, -0.2) is 18.7 Å². The van der Waals surface area contributed by atoms with Crippen LogP contribution in [0.25, 0.3) is 11.1 Å². The highest BCUT2D eigenvalue weighted by Crippen LogP contribution is 2.37. The lowest BCUT2D eigenvalue weighted by Gasteiger charge is -2.32. The summed E-state index contributed by atoms with van der Waals surface area (Å²) in [6, 6.07) is 5.70. The van der Waals surface area contributed by atoms with Gasteiger partial charge in [0.2, 0.25) is 5.89 Å². The van der Waals surface area contributed by atoms with Gasteiger partial charge in [0.05, 0.1) is 19.1 Å². The van der Waals surface area contributed by atoms with Crippen LogP contribution in [0, 0.1) is 0 Å². The lowest BCUT2D eigenvalue weighted by atomic mass is 10.0. The summed E-state index contributed by atoms with van der Waals surface area (Å²) >= 11 is 0. The van der Waals surface area contributed by atoms with Gasteiger partial charge in [-0.15, -0.1) is 0 Å². The van der Waals surface area contributed by atoms with Gasteiger partial charge in [-0.05, 0) is 18.2 Å². The van der Waals surface area contributed by atoms with Crippen LogP contribution in [0.2, 0.25) is 0 Å². The summed E-state index contributed by atoms with van der Waals surface area (Å²) in [4.78, 5) is 27.0. The Labute approximate surface area is 174 Å². The Morgan fingerprint density at radius 3 is 2.97 bits per heavy atom.